The van der Waals surface area contributed by atoms with E-state index in [9.17, 15) is 9.59 Å². The van der Waals surface area contributed by atoms with Gasteiger partial charge in [-0.2, -0.15) is 0 Å². The van der Waals surface area contributed by atoms with E-state index in [1.807, 2.05) is 6.92 Å². The molecule has 0 saturated carbocycles. The number of methoxy groups -OCH3 is 1. The molecule has 1 aliphatic rings. The van der Waals surface area contributed by atoms with Gasteiger partial charge in [0, 0.05) is 11.8 Å². The predicted molar refractivity (Wildman–Crippen MR) is 76.1 cm³/mol. The number of benzene rings is 1. The zero-order chi connectivity index (χ0) is 15.2. The Hall–Kier alpha value is -2.08. The summed E-state index contributed by atoms with van der Waals surface area (Å²) in [6.45, 7) is 2.24. The summed E-state index contributed by atoms with van der Waals surface area (Å²) in [7, 11) is 1.30. The molecule has 0 bridgehead atoms. The van der Waals surface area contributed by atoms with Gasteiger partial charge >= 0.3 is 5.97 Å². The van der Waals surface area contributed by atoms with Crippen LogP contribution in [0.5, 0.6) is 5.75 Å². The van der Waals surface area contributed by atoms with Crippen LogP contribution in [0.3, 0.4) is 0 Å². The van der Waals surface area contributed by atoms with Crippen molar-refractivity contribution in [1.82, 2.24) is 0 Å². The number of esters is 1. The molecule has 1 aromatic carbocycles. The van der Waals surface area contributed by atoms with Gasteiger partial charge in [-0.3, -0.25) is 4.79 Å². The average Bonchev–Trinajstić information content (AvgIpc) is 2.92. The lowest BCUT2D eigenvalue weighted by Crippen LogP contribution is -2.23. The normalized spacial score (nSPS) is 20.9. The number of carbonyl (C=O) groups is 2. The van der Waals surface area contributed by atoms with Gasteiger partial charge in [0.25, 0.3) is 0 Å². The fourth-order valence-electron chi connectivity index (χ4n) is 2.11. The van der Waals surface area contributed by atoms with E-state index in [4.69, 9.17) is 9.47 Å². The van der Waals surface area contributed by atoms with Crippen LogP contribution in [0.15, 0.2) is 24.3 Å². The molecular weight excluding hydrogens is 274 g/mol. The summed E-state index contributed by atoms with van der Waals surface area (Å²) in [4.78, 5) is 23.1. The van der Waals surface area contributed by atoms with E-state index in [0.29, 0.717) is 18.0 Å². The van der Waals surface area contributed by atoms with Gasteiger partial charge in [-0.25, -0.2) is 4.79 Å². The molecule has 1 heterocycles. The van der Waals surface area contributed by atoms with Crippen LogP contribution in [-0.2, 0) is 19.1 Å². The number of hydrogen-bond acceptors (Lipinski definition) is 5. The van der Waals surface area contributed by atoms with Crippen LogP contribution in [-0.4, -0.2) is 38.3 Å². The molecule has 6 nitrogen and oxygen atoms in total. The Morgan fingerprint density at radius 1 is 1.43 bits per heavy atom. The van der Waals surface area contributed by atoms with Crippen molar-refractivity contribution in [2.45, 2.75) is 19.4 Å². The van der Waals surface area contributed by atoms with Gasteiger partial charge in [-0.05, 0) is 25.5 Å². The van der Waals surface area contributed by atoms with E-state index in [0.717, 1.165) is 6.42 Å². The summed E-state index contributed by atoms with van der Waals surface area (Å²) >= 11 is 0. The van der Waals surface area contributed by atoms with Crippen LogP contribution in [0, 0.1) is 5.92 Å². The number of anilines is 1. The van der Waals surface area contributed by atoms with Crippen molar-refractivity contribution in [3.05, 3.63) is 24.3 Å². The van der Waals surface area contributed by atoms with Crippen molar-refractivity contribution in [2.24, 2.45) is 5.92 Å². The molecule has 0 aromatic heterocycles. The topological polar surface area (TPSA) is 73.9 Å². The lowest BCUT2D eigenvalue weighted by Gasteiger charge is -2.11. The summed E-state index contributed by atoms with van der Waals surface area (Å²) in [6.07, 6.45) is 0.847. The second kappa shape index (κ2) is 7.08. The second-order valence-corrected chi connectivity index (χ2v) is 4.96. The molecule has 1 aromatic rings. The Morgan fingerprint density at radius 3 is 2.90 bits per heavy atom. The minimum atomic E-state index is -0.457. The van der Waals surface area contributed by atoms with Crippen LogP contribution in [0.4, 0.5) is 5.69 Å². The van der Waals surface area contributed by atoms with E-state index in [2.05, 4.69) is 10.1 Å². The smallest absolute Gasteiger partial charge is 0.343 e. The predicted octanol–water partition coefficient (Wildman–Crippen LogP) is 1.60. The van der Waals surface area contributed by atoms with E-state index in [1.54, 1.807) is 24.3 Å². The van der Waals surface area contributed by atoms with Gasteiger partial charge in [0.15, 0.2) is 6.61 Å². The first kappa shape index (κ1) is 15.3. The molecule has 1 amide bonds. The third-order valence-electron chi connectivity index (χ3n) is 3.26. The lowest BCUT2D eigenvalue weighted by molar-refractivity contribution is -0.142. The summed E-state index contributed by atoms with van der Waals surface area (Å²) in [5.74, 6) is -0.153. The fraction of sp³-hybridized carbons (Fsp3) is 0.467. The highest BCUT2D eigenvalue weighted by Crippen LogP contribution is 2.22. The number of carbonyl (C=O) groups excluding carboxylic acids is 2. The lowest BCUT2D eigenvalue weighted by atomic mass is 10.1. The SMILES string of the molecule is COC(=O)COc1cccc(NC(=O)C2COC(C)C2)c1. The maximum Gasteiger partial charge on any atom is 0.343 e. The van der Waals surface area contributed by atoms with Crippen LogP contribution < -0.4 is 10.1 Å². The van der Waals surface area contributed by atoms with Crippen molar-refractivity contribution in [2.75, 3.05) is 25.6 Å². The van der Waals surface area contributed by atoms with Crippen molar-refractivity contribution in [1.29, 1.82) is 0 Å². The molecule has 21 heavy (non-hydrogen) atoms. The minimum absolute atomic E-state index is 0.0653. The van der Waals surface area contributed by atoms with E-state index in [-0.39, 0.29) is 24.5 Å². The van der Waals surface area contributed by atoms with Gasteiger partial charge in [-0.1, -0.05) is 6.07 Å². The summed E-state index contributed by atoms with van der Waals surface area (Å²) in [5.41, 5.74) is 0.627. The Balaban J connectivity index is 1.91. The number of amides is 1. The van der Waals surface area contributed by atoms with Crippen molar-refractivity contribution in [3.63, 3.8) is 0 Å². The highest BCUT2D eigenvalue weighted by Gasteiger charge is 2.28. The zero-order valence-corrected chi connectivity index (χ0v) is 12.1. The molecule has 2 rings (SSSR count). The first-order valence-electron chi connectivity index (χ1n) is 6.80. The molecule has 114 valence electrons. The van der Waals surface area contributed by atoms with Gasteiger partial charge in [0.1, 0.15) is 5.75 Å². The number of nitrogens with one attached hydrogen (secondary N) is 1. The molecule has 2 atom stereocenters. The van der Waals surface area contributed by atoms with Gasteiger partial charge in [-0.15, -0.1) is 0 Å². The van der Waals surface area contributed by atoms with Crippen molar-refractivity contribution >= 4 is 17.6 Å². The van der Waals surface area contributed by atoms with E-state index >= 15 is 0 Å². The Morgan fingerprint density at radius 2 is 2.24 bits per heavy atom. The standard InChI is InChI=1S/C15H19NO5/c1-10-6-11(8-20-10)15(18)16-12-4-3-5-13(7-12)21-9-14(17)19-2/h3-5,7,10-11H,6,8-9H2,1-2H3,(H,16,18). The molecule has 0 aliphatic carbocycles. The van der Waals surface area contributed by atoms with Crippen molar-refractivity contribution in [3.8, 4) is 5.75 Å². The fourth-order valence-corrected chi connectivity index (χ4v) is 2.11. The Bertz CT molecular complexity index is 517. The van der Waals surface area contributed by atoms with Crippen LogP contribution in [0.25, 0.3) is 0 Å². The largest absolute Gasteiger partial charge is 0.482 e. The summed E-state index contributed by atoms with van der Waals surface area (Å²) < 4.78 is 15.2. The first-order chi connectivity index (χ1) is 10.1. The molecule has 0 radical (unpaired) electrons. The minimum Gasteiger partial charge on any atom is -0.482 e. The quantitative estimate of drug-likeness (QED) is 0.835. The van der Waals surface area contributed by atoms with Crippen LogP contribution >= 0.6 is 0 Å². The summed E-state index contributed by atoms with van der Waals surface area (Å²) in [6, 6.07) is 6.89. The summed E-state index contributed by atoms with van der Waals surface area (Å²) in [5, 5.41) is 2.83. The monoisotopic (exact) mass is 293 g/mol. The molecule has 1 fully saturated rings. The third-order valence-corrected chi connectivity index (χ3v) is 3.26. The highest BCUT2D eigenvalue weighted by atomic mass is 16.6. The molecule has 1 N–H and O–H groups in total. The average molecular weight is 293 g/mol. The first-order valence-corrected chi connectivity index (χ1v) is 6.80. The zero-order valence-electron chi connectivity index (χ0n) is 12.1. The molecule has 6 heteroatoms. The van der Waals surface area contributed by atoms with Gasteiger partial charge in [0.2, 0.25) is 5.91 Å². The molecule has 2 unspecified atom stereocenters. The number of ether oxygens (including phenoxy) is 3. The van der Waals surface area contributed by atoms with Crippen LogP contribution in [0.1, 0.15) is 13.3 Å². The molecule has 1 aliphatic heterocycles. The van der Waals surface area contributed by atoms with Crippen LogP contribution in [0.2, 0.25) is 0 Å². The highest BCUT2D eigenvalue weighted by molar-refractivity contribution is 5.93. The maximum absolute atomic E-state index is 12.1. The third kappa shape index (κ3) is 4.46. The number of rotatable bonds is 5. The molecule has 0 spiro atoms. The molecular formula is C15H19NO5. The second-order valence-electron chi connectivity index (χ2n) is 4.96. The number of hydrogen-bond donors (Lipinski definition) is 1. The van der Waals surface area contributed by atoms with Gasteiger partial charge < -0.3 is 19.5 Å². The Labute approximate surface area is 123 Å². The van der Waals surface area contributed by atoms with Gasteiger partial charge in [0.05, 0.1) is 25.7 Å². The maximum atomic E-state index is 12.1. The van der Waals surface area contributed by atoms with E-state index < -0.39 is 5.97 Å². The van der Waals surface area contributed by atoms with Crippen molar-refractivity contribution < 1.29 is 23.8 Å². The molecule has 1 saturated heterocycles. The van der Waals surface area contributed by atoms with E-state index in [1.165, 1.54) is 7.11 Å². The Kier molecular flexibility index (Phi) is 5.16.